The summed E-state index contributed by atoms with van der Waals surface area (Å²) in [6.07, 6.45) is 0. The molecule has 0 atom stereocenters. The first-order valence-corrected chi connectivity index (χ1v) is 9.50. The number of furan rings is 1. The lowest BCUT2D eigenvalue weighted by molar-refractivity contribution is -0.133. The summed E-state index contributed by atoms with van der Waals surface area (Å²) in [6, 6.07) is 10.9. The fourth-order valence-electron chi connectivity index (χ4n) is 3.37. The van der Waals surface area contributed by atoms with Gasteiger partial charge in [-0.15, -0.1) is 0 Å². The molecule has 1 amide bonds. The van der Waals surface area contributed by atoms with Crippen LogP contribution < -0.4 is 4.90 Å². The highest BCUT2D eigenvalue weighted by Crippen LogP contribution is 2.20. The van der Waals surface area contributed by atoms with Crippen molar-refractivity contribution in [1.29, 1.82) is 0 Å². The zero-order chi connectivity index (χ0) is 19.4. The minimum atomic E-state index is -0.211. The van der Waals surface area contributed by atoms with E-state index in [0.29, 0.717) is 45.0 Å². The molecular weight excluding hydrogens is 345 g/mol. The molecule has 1 aromatic heterocycles. The van der Waals surface area contributed by atoms with Crippen molar-refractivity contribution in [3.05, 3.63) is 53.7 Å². The lowest BCUT2D eigenvalue weighted by Gasteiger charge is -2.37. The molecule has 0 radical (unpaired) electrons. The number of hydrogen-bond donors (Lipinski definition) is 0. The molecule has 1 aliphatic rings. The number of piperazine rings is 1. The molecule has 2 aromatic rings. The number of anilines is 1. The van der Waals surface area contributed by atoms with E-state index in [0.717, 1.165) is 11.5 Å². The third kappa shape index (κ3) is 4.89. The minimum absolute atomic E-state index is 0.111. The molecule has 0 unspecified atom stereocenters. The second kappa shape index (κ2) is 8.57. The van der Waals surface area contributed by atoms with Crippen molar-refractivity contribution in [2.45, 2.75) is 33.4 Å². The number of carbonyl (C=O) groups excluding carboxylic acids is 1. The van der Waals surface area contributed by atoms with E-state index >= 15 is 0 Å². The molecule has 1 aromatic carbocycles. The lowest BCUT2D eigenvalue weighted by Crippen LogP contribution is -2.52. The Morgan fingerprint density at radius 3 is 2.44 bits per heavy atom. The zero-order valence-electron chi connectivity index (χ0n) is 16.3. The number of aryl methyl sites for hydroxylation is 1. The second-order valence-electron chi connectivity index (χ2n) is 7.33. The van der Waals surface area contributed by atoms with Crippen LogP contribution in [0.1, 0.15) is 25.4 Å². The van der Waals surface area contributed by atoms with Gasteiger partial charge in [0.1, 0.15) is 17.3 Å². The Morgan fingerprint density at radius 2 is 1.85 bits per heavy atom. The number of benzene rings is 1. The van der Waals surface area contributed by atoms with Crippen LogP contribution in [0.3, 0.4) is 0 Å². The maximum Gasteiger partial charge on any atom is 0.236 e. The Bertz CT molecular complexity index is 766. The topological polar surface area (TPSA) is 39.9 Å². The monoisotopic (exact) mass is 373 g/mol. The van der Waals surface area contributed by atoms with Crippen molar-refractivity contribution < 1.29 is 13.6 Å². The zero-order valence-corrected chi connectivity index (χ0v) is 16.3. The molecule has 3 rings (SSSR count). The predicted octanol–water partition coefficient (Wildman–Crippen LogP) is 3.29. The molecule has 2 heterocycles. The SMILES string of the molecule is Cc1ccc(CN(CC(=O)N2CCN(c3ccccc3F)CC2)C(C)C)o1. The number of nitrogens with zero attached hydrogens (tertiary/aromatic N) is 3. The molecule has 0 bridgehead atoms. The molecule has 1 aliphatic heterocycles. The van der Waals surface area contributed by atoms with E-state index in [4.69, 9.17) is 4.42 Å². The van der Waals surface area contributed by atoms with E-state index in [1.54, 1.807) is 12.1 Å². The first kappa shape index (κ1) is 19.4. The van der Waals surface area contributed by atoms with Crippen molar-refractivity contribution in [1.82, 2.24) is 9.80 Å². The first-order valence-electron chi connectivity index (χ1n) is 9.50. The Balaban J connectivity index is 1.55. The van der Waals surface area contributed by atoms with Crippen LogP contribution in [0.2, 0.25) is 0 Å². The summed E-state index contributed by atoms with van der Waals surface area (Å²) in [5, 5.41) is 0. The molecule has 27 heavy (non-hydrogen) atoms. The van der Waals surface area contributed by atoms with Crippen LogP contribution >= 0.6 is 0 Å². The highest BCUT2D eigenvalue weighted by Gasteiger charge is 2.25. The summed E-state index contributed by atoms with van der Waals surface area (Å²) in [7, 11) is 0. The average Bonchev–Trinajstić information content (AvgIpc) is 3.06. The molecule has 0 saturated carbocycles. The summed E-state index contributed by atoms with van der Waals surface area (Å²) in [4.78, 5) is 18.8. The largest absolute Gasteiger partial charge is 0.465 e. The van der Waals surface area contributed by atoms with E-state index in [9.17, 15) is 9.18 Å². The van der Waals surface area contributed by atoms with Gasteiger partial charge in [0.25, 0.3) is 0 Å². The third-order valence-corrected chi connectivity index (χ3v) is 5.05. The molecule has 6 heteroatoms. The van der Waals surface area contributed by atoms with Crippen LogP contribution in [0.15, 0.2) is 40.8 Å². The smallest absolute Gasteiger partial charge is 0.236 e. The standard InChI is InChI=1S/C21H28FN3O2/c1-16(2)25(14-18-9-8-17(3)27-18)15-21(26)24-12-10-23(11-13-24)20-7-5-4-6-19(20)22/h4-9,16H,10-15H2,1-3H3. The predicted molar refractivity (Wildman–Crippen MR) is 104 cm³/mol. The molecule has 146 valence electrons. The maximum absolute atomic E-state index is 14.0. The number of hydrogen-bond acceptors (Lipinski definition) is 4. The van der Waals surface area contributed by atoms with E-state index in [-0.39, 0.29) is 17.8 Å². The fourth-order valence-corrected chi connectivity index (χ4v) is 3.37. The van der Waals surface area contributed by atoms with Gasteiger partial charge >= 0.3 is 0 Å². The van der Waals surface area contributed by atoms with Crippen LogP contribution in [-0.4, -0.2) is 54.5 Å². The summed E-state index contributed by atoms with van der Waals surface area (Å²) < 4.78 is 19.6. The van der Waals surface area contributed by atoms with Gasteiger partial charge in [-0.25, -0.2) is 4.39 Å². The van der Waals surface area contributed by atoms with Gasteiger partial charge in [0.15, 0.2) is 0 Å². The molecule has 5 nitrogen and oxygen atoms in total. The van der Waals surface area contributed by atoms with Gasteiger partial charge in [-0.05, 0) is 45.0 Å². The molecule has 0 aliphatic carbocycles. The Labute approximate surface area is 160 Å². The Morgan fingerprint density at radius 1 is 1.15 bits per heavy atom. The molecule has 0 spiro atoms. The number of halogens is 1. The summed E-state index contributed by atoms with van der Waals surface area (Å²) in [5.41, 5.74) is 0.613. The fraction of sp³-hybridized carbons (Fsp3) is 0.476. The normalized spacial score (nSPS) is 15.0. The first-order chi connectivity index (χ1) is 12.9. The van der Waals surface area contributed by atoms with Crippen LogP contribution in [0.25, 0.3) is 0 Å². The van der Waals surface area contributed by atoms with Gasteiger partial charge in [0, 0.05) is 32.2 Å². The van der Waals surface area contributed by atoms with Crippen LogP contribution in [0.5, 0.6) is 0 Å². The van der Waals surface area contributed by atoms with E-state index < -0.39 is 0 Å². The number of carbonyl (C=O) groups is 1. The number of amides is 1. The van der Waals surface area contributed by atoms with Gasteiger partial charge in [0.2, 0.25) is 5.91 Å². The van der Waals surface area contributed by atoms with Gasteiger partial charge in [-0.1, -0.05) is 12.1 Å². The van der Waals surface area contributed by atoms with Gasteiger partial charge < -0.3 is 14.2 Å². The Hall–Kier alpha value is -2.34. The summed E-state index contributed by atoms with van der Waals surface area (Å²) in [5.74, 6) is 1.65. The van der Waals surface area contributed by atoms with Gasteiger partial charge in [0.05, 0.1) is 18.8 Å². The van der Waals surface area contributed by atoms with Crippen molar-refractivity contribution in [2.24, 2.45) is 0 Å². The van der Waals surface area contributed by atoms with E-state index in [2.05, 4.69) is 18.7 Å². The average molecular weight is 373 g/mol. The van der Waals surface area contributed by atoms with Crippen molar-refractivity contribution >= 4 is 11.6 Å². The molecule has 1 fully saturated rings. The highest BCUT2D eigenvalue weighted by molar-refractivity contribution is 5.78. The molecule has 1 saturated heterocycles. The summed E-state index contributed by atoms with van der Waals surface area (Å²) >= 11 is 0. The number of para-hydroxylation sites is 1. The van der Waals surface area contributed by atoms with Gasteiger partial charge in [-0.2, -0.15) is 0 Å². The van der Waals surface area contributed by atoms with Crippen LogP contribution in [0, 0.1) is 12.7 Å². The second-order valence-corrected chi connectivity index (χ2v) is 7.33. The van der Waals surface area contributed by atoms with E-state index in [1.807, 2.05) is 34.9 Å². The number of rotatable bonds is 6. The van der Waals surface area contributed by atoms with Gasteiger partial charge in [-0.3, -0.25) is 9.69 Å². The molecular formula is C21H28FN3O2. The third-order valence-electron chi connectivity index (χ3n) is 5.05. The van der Waals surface area contributed by atoms with Crippen molar-refractivity contribution in [3.8, 4) is 0 Å². The van der Waals surface area contributed by atoms with E-state index in [1.165, 1.54) is 6.07 Å². The summed E-state index contributed by atoms with van der Waals surface area (Å²) in [6.45, 7) is 9.57. The van der Waals surface area contributed by atoms with Crippen molar-refractivity contribution in [3.63, 3.8) is 0 Å². The lowest BCUT2D eigenvalue weighted by atomic mass is 10.2. The Kier molecular flexibility index (Phi) is 6.16. The van der Waals surface area contributed by atoms with Crippen LogP contribution in [-0.2, 0) is 11.3 Å². The quantitative estimate of drug-likeness (QED) is 0.779. The maximum atomic E-state index is 14.0. The molecule has 0 N–H and O–H groups in total. The highest BCUT2D eigenvalue weighted by atomic mass is 19.1. The van der Waals surface area contributed by atoms with Crippen molar-refractivity contribution in [2.75, 3.05) is 37.6 Å². The minimum Gasteiger partial charge on any atom is -0.465 e. The van der Waals surface area contributed by atoms with Crippen LogP contribution in [0.4, 0.5) is 10.1 Å².